The molecule has 2 nitrogen and oxygen atoms in total. The maximum atomic E-state index is 3.63. The van der Waals surface area contributed by atoms with Gasteiger partial charge in [0.1, 0.15) is 0 Å². The van der Waals surface area contributed by atoms with Crippen molar-refractivity contribution in [3.63, 3.8) is 0 Å². The Bertz CT molecular complexity index is 387. The first-order valence-electron chi connectivity index (χ1n) is 8.10. The second-order valence-corrected chi connectivity index (χ2v) is 5.91. The van der Waals surface area contributed by atoms with Crippen molar-refractivity contribution in [3.05, 3.63) is 29.3 Å². The molecule has 0 aromatic heterocycles. The topological polar surface area (TPSA) is 15.3 Å². The van der Waals surface area contributed by atoms with Crippen molar-refractivity contribution in [3.8, 4) is 0 Å². The van der Waals surface area contributed by atoms with Gasteiger partial charge in [-0.15, -0.1) is 0 Å². The number of nitrogens with zero attached hydrogens (tertiary/aromatic N) is 1. The molecule has 20 heavy (non-hydrogen) atoms. The van der Waals surface area contributed by atoms with E-state index in [4.69, 9.17) is 0 Å². The molecule has 0 aliphatic carbocycles. The molecule has 0 aliphatic heterocycles. The Morgan fingerprint density at radius 3 is 2.55 bits per heavy atom. The van der Waals surface area contributed by atoms with Gasteiger partial charge in [0.15, 0.2) is 0 Å². The van der Waals surface area contributed by atoms with Crippen LogP contribution in [0.25, 0.3) is 0 Å². The summed E-state index contributed by atoms with van der Waals surface area (Å²) in [7, 11) is 2.21. The summed E-state index contributed by atoms with van der Waals surface area (Å²) in [5.41, 5.74) is 4.09. The fraction of sp³-hybridized carbons (Fsp3) is 0.667. The smallest absolute Gasteiger partial charge is 0.0393 e. The minimum absolute atomic E-state index is 0.683. The Kier molecular flexibility index (Phi) is 7.68. The highest BCUT2D eigenvalue weighted by Gasteiger charge is 2.07. The van der Waals surface area contributed by atoms with Crippen LogP contribution in [-0.4, -0.2) is 26.2 Å². The van der Waals surface area contributed by atoms with Gasteiger partial charge in [0.25, 0.3) is 0 Å². The van der Waals surface area contributed by atoms with E-state index in [0.29, 0.717) is 6.04 Å². The predicted molar refractivity (Wildman–Crippen MR) is 90.8 cm³/mol. The summed E-state index contributed by atoms with van der Waals surface area (Å²) in [6.45, 7) is 11.1. The Hall–Kier alpha value is -1.02. The molecular weight excluding hydrogens is 244 g/mol. The van der Waals surface area contributed by atoms with Crippen LogP contribution in [-0.2, 0) is 0 Å². The minimum atomic E-state index is 0.683. The SMILES string of the molecule is CCCNC(CC)CCCN(C)c1ccc(C)cc1C. The molecule has 0 spiro atoms. The van der Waals surface area contributed by atoms with Crippen LogP contribution in [0.2, 0.25) is 0 Å². The summed E-state index contributed by atoms with van der Waals surface area (Å²) < 4.78 is 0. The Morgan fingerprint density at radius 2 is 1.95 bits per heavy atom. The molecule has 0 heterocycles. The number of nitrogens with one attached hydrogen (secondary N) is 1. The molecule has 0 aliphatic rings. The van der Waals surface area contributed by atoms with Crippen molar-refractivity contribution < 1.29 is 0 Å². The summed E-state index contributed by atoms with van der Waals surface area (Å²) in [6.07, 6.45) is 4.97. The number of benzene rings is 1. The first-order chi connectivity index (χ1) is 9.58. The van der Waals surface area contributed by atoms with Gasteiger partial charge in [-0.05, 0) is 57.7 Å². The highest BCUT2D eigenvalue weighted by Crippen LogP contribution is 2.20. The van der Waals surface area contributed by atoms with E-state index in [9.17, 15) is 0 Å². The van der Waals surface area contributed by atoms with Gasteiger partial charge in [-0.1, -0.05) is 31.5 Å². The van der Waals surface area contributed by atoms with E-state index in [1.165, 1.54) is 42.5 Å². The van der Waals surface area contributed by atoms with Crippen molar-refractivity contribution >= 4 is 5.69 Å². The molecule has 0 radical (unpaired) electrons. The Morgan fingerprint density at radius 1 is 1.20 bits per heavy atom. The van der Waals surface area contributed by atoms with E-state index in [1.807, 2.05) is 0 Å². The molecule has 1 unspecified atom stereocenters. The average Bonchev–Trinajstić information content (AvgIpc) is 2.42. The zero-order chi connectivity index (χ0) is 15.0. The van der Waals surface area contributed by atoms with Crippen molar-refractivity contribution in [1.29, 1.82) is 0 Å². The molecule has 1 atom stereocenters. The second-order valence-electron chi connectivity index (χ2n) is 5.91. The van der Waals surface area contributed by atoms with Gasteiger partial charge >= 0.3 is 0 Å². The number of hydrogen-bond donors (Lipinski definition) is 1. The van der Waals surface area contributed by atoms with Gasteiger partial charge in [-0.2, -0.15) is 0 Å². The van der Waals surface area contributed by atoms with Crippen LogP contribution in [0, 0.1) is 13.8 Å². The number of hydrogen-bond acceptors (Lipinski definition) is 2. The first kappa shape index (κ1) is 17.0. The third-order valence-corrected chi connectivity index (χ3v) is 3.99. The predicted octanol–water partition coefficient (Wildman–Crippen LogP) is 4.30. The molecule has 1 N–H and O–H groups in total. The summed E-state index contributed by atoms with van der Waals surface area (Å²) in [5.74, 6) is 0. The maximum Gasteiger partial charge on any atom is 0.0393 e. The monoisotopic (exact) mass is 276 g/mol. The lowest BCUT2D eigenvalue weighted by atomic mass is 10.1. The van der Waals surface area contributed by atoms with Crippen molar-refractivity contribution in [2.45, 2.75) is 59.4 Å². The highest BCUT2D eigenvalue weighted by atomic mass is 15.1. The van der Waals surface area contributed by atoms with Crippen LogP contribution in [0.3, 0.4) is 0 Å². The van der Waals surface area contributed by atoms with Crippen molar-refractivity contribution in [1.82, 2.24) is 5.32 Å². The van der Waals surface area contributed by atoms with E-state index in [2.05, 4.69) is 63.2 Å². The molecule has 2 heteroatoms. The molecular formula is C18H32N2. The van der Waals surface area contributed by atoms with Gasteiger partial charge in [0.05, 0.1) is 0 Å². The van der Waals surface area contributed by atoms with Crippen molar-refractivity contribution in [2.24, 2.45) is 0 Å². The Labute approximate surface area is 125 Å². The van der Waals surface area contributed by atoms with Crippen LogP contribution < -0.4 is 10.2 Å². The summed E-state index contributed by atoms with van der Waals surface area (Å²) >= 11 is 0. The molecule has 0 bridgehead atoms. The van der Waals surface area contributed by atoms with Crippen molar-refractivity contribution in [2.75, 3.05) is 25.0 Å². The van der Waals surface area contributed by atoms with Crippen LogP contribution in [0.5, 0.6) is 0 Å². The molecule has 1 rings (SSSR count). The van der Waals surface area contributed by atoms with E-state index in [0.717, 1.165) is 13.1 Å². The zero-order valence-electron chi connectivity index (χ0n) is 14.0. The quantitative estimate of drug-likeness (QED) is 0.723. The lowest BCUT2D eigenvalue weighted by Gasteiger charge is -2.23. The van der Waals surface area contributed by atoms with E-state index >= 15 is 0 Å². The largest absolute Gasteiger partial charge is 0.374 e. The minimum Gasteiger partial charge on any atom is -0.374 e. The average molecular weight is 276 g/mol. The van der Waals surface area contributed by atoms with Crippen LogP contribution in [0.15, 0.2) is 18.2 Å². The zero-order valence-corrected chi connectivity index (χ0v) is 14.0. The molecule has 1 aromatic carbocycles. The second kappa shape index (κ2) is 9.02. The number of anilines is 1. The third kappa shape index (κ3) is 5.54. The highest BCUT2D eigenvalue weighted by molar-refractivity contribution is 5.53. The Balaban J connectivity index is 2.40. The fourth-order valence-corrected chi connectivity index (χ4v) is 2.73. The first-order valence-corrected chi connectivity index (χ1v) is 8.10. The van der Waals surface area contributed by atoms with Crippen LogP contribution in [0.4, 0.5) is 5.69 Å². The number of rotatable bonds is 9. The molecule has 0 fully saturated rings. The normalized spacial score (nSPS) is 12.4. The standard InChI is InChI=1S/C18H32N2/c1-6-12-19-17(7-2)9-8-13-20(5)18-11-10-15(3)14-16(18)4/h10-11,14,17,19H,6-9,12-13H2,1-5H3. The van der Waals surface area contributed by atoms with Crippen LogP contribution in [0.1, 0.15) is 50.7 Å². The van der Waals surface area contributed by atoms with E-state index in [1.54, 1.807) is 0 Å². The molecule has 0 saturated heterocycles. The third-order valence-electron chi connectivity index (χ3n) is 3.99. The molecule has 114 valence electrons. The van der Waals surface area contributed by atoms with E-state index < -0.39 is 0 Å². The lowest BCUT2D eigenvalue weighted by Crippen LogP contribution is -2.30. The summed E-state index contributed by atoms with van der Waals surface area (Å²) in [6, 6.07) is 7.40. The number of aryl methyl sites for hydroxylation is 2. The summed E-state index contributed by atoms with van der Waals surface area (Å²) in [4.78, 5) is 2.39. The van der Waals surface area contributed by atoms with Gasteiger partial charge in [-0.25, -0.2) is 0 Å². The van der Waals surface area contributed by atoms with Crippen LogP contribution >= 0.6 is 0 Å². The van der Waals surface area contributed by atoms with Gasteiger partial charge < -0.3 is 10.2 Å². The lowest BCUT2D eigenvalue weighted by molar-refractivity contribution is 0.457. The van der Waals surface area contributed by atoms with E-state index in [-0.39, 0.29) is 0 Å². The molecule has 0 saturated carbocycles. The maximum absolute atomic E-state index is 3.63. The van der Waals surface area contributed by atoms with Gasteiger partial charge in [0, 0.05) is 25.3 Å². The fourth-order valence-electron chi connectivity index (χ4n) is 2.73. The molecule has 1 aromatic rings. The van der Waals surface area contributed by atoms with Gasteiger partial charge in [0.2, 0.25) is 0 Å². The van der Waals surface area contributed by atoms with Gasteiger partial charge in [-0.3, -0.25) is 0 Å². The molecule has 0 amide bonds. The summed E-state index contributed by atoms with van der Waals surface area (Å²) in [5, 5.41) is 3.63.